The van der Waals surface area contributed by atoms with Gasteiger partial charge in [0.1, 0.15) is 0 Å². The Bertz CT molecular complexity index is 847. The first kappa shape index (κ1) is 20.1. The minimum Gasteiger partial charge on any atom is -0.460 e. The maximum atomic E-state index is 13.1. The minimum absolute atomic E-state index is 0.0875. The zero-order valence-electron chi connectivity index (χ0n) is 16.5. The fourth-order valence-corrected chi connectivity index (χ4v) is 4.33. The third-order valence-corrected chi connectivity index (χ3v) is 5.72. The number of ether oxygens (including phenoxy) is 1. The van der Waals surface area contributed by atoms with Crippen LogP contribution in [0.1, 0.15) is 58.9 Å². The summed E-state index contributed by atoms with van der Waals surface area (Å²) in [6, 6.07) is 8.03. The molecule has 5 heteroatoms. The third kappa shape index (κ3) is 4.13. The van der Waals surface area contributed by atoms with Gasteiger partial charge in [-0.05, 0) is 72.9 Å². The van der Waals surface area contributed by atoms with Gasteiger partial charge in [0.05, 0.1) is 11.7 Å². The van der Waals surface area contributed by atoms with Crippen molar-refractivity contribution in [1.82, 2.24) is 5.32 Å². The molecule has 4 nitrogen and oxygen atoms in total. The molecule has 0 radical (unpaired) electrons. The van der Waals surface area contributed by atoms with E-state index < -0.39 is 0 Å². The zero-order valence-corrected chi connectivity index (χ0v) is 18.6. The van der Waals surface area contributed by atoms with Crippen LogP contribution in [-0.2, 0) is 14.3 Å². The number of halogens is 1. The van der Waals surface area contributed by atoms with Gasteiger partial charge in [-0.15, -0.1) is 0 Å². The molecule has 0 amide bonds. The van der Waals surface area contributed by atoms with Crippen molar-refractivity contribution in [3.8, 4) is 0 Å². The Kier molecular flexibility index (Phi) is 5.52. The molecule has 1 aromatic carbocycles. The molecule has 0 fully saturated rings. The molecule has 1 N–H and O–H groups in total. The van der Waals surface area contributed by atoms with E-state index >= 15 is 0 Å². The van der Waals surface area contributed by atoms with E-state index in [4.69, 9.17) is 4.74 Å². The molecule has 27 heavy (non-hydrogen) atoms. The van der Waals surface area contributed by atoms with E-state index in [2.05, 4.69) is 41.8 Å². The van der Waals surface area contributed by atoms with Crippen molar-refractivity contribution in [3.05, 3.63) is 55.9 Å². The normalized spacial score (nSPS) is 21.9. The number of hydrogen-bond acceptors (Lipinski definition) is 4. The average molecular weight is 479 g/mol. The second kappa shape index (κ2) is 7.41. The van der Waals surface area contributed by atoms with Crippen LogP contribution in [0.3, 0.4) is 0 Å². The van der Waals surface area contributed by atoms with Crippen molar-refractivity contribution in [2.45, 2.75) is 59.5 Å². The van der Waals surface area contributed by atoms with E-state index in [0.717, 1.165) is 32.5 Å². The molecule has 1 aliphatic carbocycles. The smallest absolute Gasteiger partial charge is 0.337 e. The largest absolute Gasteiger partial charge is 0.460 e. The molecule has 1 heterocycles. The lowest BCUT2D eigenvalue weighted by Gasteiger charge is -2.39. The molecule has 2 aliphatic rings. The van der Waals surface area contributed by atoms with Crippen LogP contribution in [0.2, 0.25) is 0 Å². The second-order valence-corrected chi connectivity index (χ2v) is 9.68. The number of esters is 1. The number of allylic oxidation sites excluding steroid dienone is 3. The number of benzene rings is 1. The number of carbonyl (C=O) groups is 2. The summed E-state index contributed by atoms with van der Waals surface area (Å²) in [7, 11) is 0. The molecule has 0 aromatic heterocycles. The molecule has 1 aromatic rings. The number of hydrogen-bond donors (Lipinski definition) is 1. The molecule has 0 spiro atoms. The molecule has 3 rings (SSSR count). The molecule has 0 saturated heterocycles. The van der Waals surface area contributed by atoms with E-state index in [1.165, 1.54) is 0 Å². The van der Waals surface area contributed by atoms with Crippen LogP contribution in [0.25, 0.3) is 0 Å². The zero-order chi connectivity index (χ0) is 19.9. The Morgan fingerprint density at radius 2 is 1.85 bits per heavy atom. The van der Waals surface area contributed by atoms with Crippen molar-refractivity contribution >= 4 is 34.3 Å². The Balaban J connectivity index is 2.15. The SMILES string of the molecule is CC1=C(C(=O)OC(C)C)[C@@H](c2ccc(I)cc2)C2=C(CC(C)(C)CC2=O)N1. The number of dihydropyridines is 1. The standard InChI is InChI=1S/C22H26INO3/c1-12(2)27-21(26)18-13(3)24-16-10-22(4,5)11-17(25)20(16)19(18)14-6-8-15(23)9-7-14/h6-9,12,19,24H,10-11H2,1-5H3/t19-/m1/s1. The van der Waals surface area contributed by atoms with Crippen LogP contribution in [0, 0.1) is 8.99 Å². The second-order valence-electron chi connectivity index (χ2n) is 8.44. The van der Waals surface area contributed by atoms with Gasteiger partial charge >= 0.3 is 5.97 Å². The lowest BCUT2D eigenvalue weighted by Crippen LogP contribution is -2.39. The van der Waals surface area contributed by atoms with Crippen LogP contribution in [0.15, 0.2) is 46.8 Å². The number of Topliss-reactive ketones (excluding diaryl/α,β-unsaturated/α-hetero) is 1. The Hall–Kier alpha value is -1.63. The average Bonchev–Trinajstić information content (AvgIpc) is 2.52. The summed E-state index contributed by atoms with van der Waals surface area (Å²) < 4.78 is 6.63. The molecule has 0 bridgehead atoms. The maximum absolute atomic E-state index is 13.1. The Morgan fingerprint density at radius 1 is 1.22 bits per heavy atom. The Morgan fingerprint density at radius 3 is 2.44 bits per heavy atom. The highest BCUT2D eigenvalue weighted by Crippen LogP contribution is 2.46. The van der Waals surface area contributed by atoms with Gasteiger partial charge in [0, 0.05) is 32.9 Å². The molecular formula is C22H26INO3. The number of nitrogens with one attached hydrogen (secondary N) is 1. The van der Waals surface area contributed by atoms with Gasteiger partial charge in [0.2, 0.25) is 0 Å². The molecule has 0 saturated carbocycles. The predicted molar refractivity (Wildman–Crippen MR) is 114 cm³/mol. The third-order valence-electron chi connectivity index (χ3n) is 5.01. The molecule has 0 unspecified atom stereocenters. The van der Waals surface area contributed by atoms with Gasteiger partial charge in [0.15, 0.2) is 5.78 Å². The van der Waals surface area contributed by atoms with Crippen LogP contribution in [0.5, 0.6) is 0 Å². The van der Waals surface area contributed by atoms with Gasteiger partial charge in [-0.3, -0.25) is 4.79 Å². The van der Waals surface area contributed by atoms with Crippen LogP contribution in [0.4, 0.5) is 0 Å². The predicted octanol–water partition coefficient (Wildman–Crippen LogP) is 4.85. The van der Waals surface area contributed by atoms with Crippen molar-refractivity contribution in [1.29, 1.82) is 0 Å². The topological polar surface area (TPSA) is 55.4 Å². The fourth-order valence-electron chi connectivity index (χ4n) is 3.97. The quantitative estimate of drug-likeness (QED) is 0.498. The van der Waals surface area contributed by atoms with Crippen LogP contribution >= 0.6 is 22.6 Å². The highest BCUT2D eigenvalue weighted by Gasteiger charge is 2.43. The van der Waals surface area contributed by atoms with Crippen molar-refractivity contribution in [2.75, 3.05) is 0 Å². The summed E-state index contributed by atoms with van der Waals surface area (Å²) in [6.45, 7) is 9.79. The molecule has 1 atom stereocenters. The molecule has 144 valence electrons. The first-order valence-electron chi connectivity index (χ1n) is 9.29. The summed E-state index contributed by atoms with van der Waals surface area (Å²) in [5, 5.41) is 3.36. The highest BCUT2D eigenvalue weighted by molar-refractivity contribution is 14.1. The summed E-state index contributed by atoms with van der Waals surface area (Å²) in [6.07, 6.45) is 1.06. The van der Waals surface area contributed by atoms with E-state index in [0.29, 0.717) is 12.0 Å². The van der Waals surface area contributed by atoms with Crippen molar-refractivity contribution in [2.24, 2.45) is 5.41 Å². The van der Waals surface area contributed by atoms with E-state index in [1.807, 2.05) is 45.0 Å². The van der Waals surface area contributed by atoms with Crippen molar-refractivity contribution < 1.29 is 14.3 Å². The summed E-state index contributed by atoms with van der Waals surface area (Å²) in [5.74, 6) is -0.629. The lowest BCUT2D eigenvalue weighted by molar-refractivity contribution is -0.143. The van der Waals surface area contributed by atoms with Crippen LogP contribution in [-0.4, -0.2) is 17.9 Å². The van der Waals surface area contributed by atoms with E-state index in [1.54, 1.807) is 0 Å². The highest BCUT2D eigenvalue weighted by atomic mass is 127. The number of carbonyl (C=O) groups excluding carboxylic acids is 2. The maximum Gasteiger partial charge on any atom is 0.337 e. The first-order chi connectivity index (χ1) is 12.6. The minimum atomic E-state index is -0.381. The summed E-state index contributed by atoms with van der Waals surface area (Å²) in [5.41, 5.74) is 3.84. The van der Waals surface area contributed by atoms with E-state index in [-0.39, 0.29) is 29.2 Å². The summed E-state index contributed by atoms with van der Waals surface area (Å²) >= 11 is 2.26. The van der Waals surface area contributed by atoms with Gasteiger partial charge in [-0.2, -0.15) is 0 Å². The lowest BCUT2D eigenvalue weighted by atomic mass is 9.68. The van der Waals surface area contributed by atoms with Gasteiger partial charge in [-0.25, -0.2) is 4.79 Å². The van der Waals surface area contributed by atoms with Crippen LogP contribution < -0.4 is 5.32 Å². The monoisotopic (exact) mass is 479 g/mol. The van der Waals surface area contributed by atoms with Gasteiger partial charge in [-0.1, -0.05) is 26.0 Å². The Labute approximate surface area is 174 Å². The molecular weight excluding hydrogens is 453 g/mol. The number of rotatable bonds is 3. The fraction of sp³-hybridized carbons (Fsp3) is 0.455. The van der Waals surface area contributed by atoms with E-state index in [9.17, 15) is 9.59 Å². The van der Waals surface area contributed by atoms with Gasteiger partial charge in [0.25, 0.3) is 0 Å². The summed E-state index contributed by atoms with van der Waals surface area (Å²) in [4.78, 5) is 26.0. The van der Waals surface area contributed by atoms with Crippen molar-refractivity contribution in [3.63, 3.8) is 0 Å². The molecule has 1 aliphatic heterocycles. The number of ketones is 1. The first-order valence-corrected chi connectivity index (χ1v) is 10.4. The van der Waals surface area contributed by atoms with Gasteiger partial charge < -0.3 is 10.1 Å².